The first-order valence-electron chi connectivity index (χ1n) is 7.53. The summed E-state index contributed by atoms with van der Waals surface area (Å²) in [5.74, 6) is 1.22. The van der Waals surface area contributed by atoms with Gasteiger partial charge in [0.1, 0.15) is 0 Å². The predicted octanol–water partition coefficient (Wildman–Crippen LogP) is 4.05. The zero-order valence-corrected chi connectivity index (χ0v) is 14.8. The van der Waals surface area contributed by atoms with Crippen LogP contribution in [0.4, 0.5) is 0 Å². The zero-order valence-electron chi connectivity index (χ0n) is 12.4. The van der Waals surface area contributed by atoms with Gasteiger partial charge >= 0.3 is 0 Å². The van der Waals surface area contributed by atoms with Gasteiger partial charge in [-0.2, -0.15) is 11.8 Å². The van der Waals surface area contributed by atoms with E-state index in [2.05, 4.69) is 70.7 Å². The summed E-state index contributed by atoms with van der Waals surface area (Å²) in [6, 6.07) is 9.04. The Labute approximate surface area is 135 Å². The molecule has 0 radical (unpaired) electrons. The van der Waals surface area contributed by atoms with E-state index >= 15 is 0 Å². The van der Waals surface area contributed by atoms with Crippen molar-refractivity contribution in [2.75, 3.05) is 18.8 Å². The highest BCUT2D eigenvalue weighted by Gasteiger charge is 2.30. The monoisotopic (exact) mass is 356 g/mol. The van der Waals surface area contributed by atoms with Crippen LogP contribution < -0.4 is 5.73 Å². The Kier molecular flexibility index (Phi) is 6.40. The lowest BCUT2D eigenvalue weighted by Crippen LogP contribution is -2.46. The fraction of sp³-hybridized carbons (Fsp3) is 0.625. The molecule has 3 unspecified atom stereocenters. The Hall–Kier alpha value is -0.0300. The van der Waals surface area contributed by atoms with Crippen LogP contribution in [0.1, 0.15) is 38.3 Å². The first-order valence-corrected chi connectivity index (χ1v) is 9.37. The molecule has 2 nitrogen and oxygen atoms in total. The van der Waals surface area contributed by atoms with Gasteiger partial charge in [-0.25, -0.2) is 0 Å². The minimum absolute atomic E-state index is 0.189. The smallest absolute Gasteiger partial charge is 0.0511 e. The summed E-state index contributed by atoms with van der Waals surface area (Å²) in [7, 11) is 0. The molecule has 112 valence electrons. The molecule has 4 heteroatoms. The maximum absolute atomic E-state index is 6.47. The molecule has 0 saturated carbocycles. The number of nitrogens with two attached hydrogens (primary N) is 1. The van der Waals surface area contributed by atoms with Crippen molar-refractivity contribution in [1.82, 2.24) is 4.90 Å². The van der Waals surface area contributed by atoms with Crippen molar-refractivity contribution < 1.29 is 0 Å². The number of benzene rings is 1. The van der Waals surface area contributed by atoms with Gasteiger partial charge in [-0.1, -0.05) is 48.0 Å². The molecule has 1 heterocycles. The van der Waals surface area contributed by atoms with Crippen molar-refractivity contribution in [3.8, 4) is 0 Å². The summed E-state index contributed by atoms with van der Waals surface area (Å²) in [6.45, 7) is 6.76. The summed E-state index contributed by atoms with van der Waals surface area (Å²) in [4.78, 5) is 2.60. The van der Waals surface area contributed by atoms with Crippen LogP contribution in [0.15, 0.2) is 28.7 Å². The summed E-state index contributed by atoms with van der Waals surface area (Å²) < 4.78 is 1.18. The van der Waals surface area contributed by atoms with Gasteiger partial charge in [0.15, 0.2) is 0 Å². The molecule has 1 aromatic carbocycles. The molecule has 1 aliphatic rings. The van der Waals surface area contributed by atoms with Gasteiger partial charge in [-0.3, -0.25) is 4.90 Å². The lowest BCUT2D eigenvalue weighted by atomic mass is 9.96. The summed E-state index contributed by atoms with van der Waals surface area (Å²) in [5, 5.41) is 0.748. The first kappa shape index (κ1) is 16.3. The minimum atomic E-state index is 0.189. The van der Waals surface area contributed by atoms with Crippen LogP contribution in [0.3, 0.4) is 0 Å². The highest BCUT2D eigenvalue weighted by atomic mass is 79.9. The van der Waals surface area contributed by atoms with E-state index in [-0.39, 0.29) is 6.04 Å². The van der Waals surface area contributed by atoms with Crippen LogP contribution in [0.2, 0.25) is 0 Å². The molecule has 0 amide bonds. The van der Waals surface area contributed by atoms with Crippen molar-refractivity contribution >= 4 is 27.7 Å². The average molecular weight is 357 g/mol. The second-order valence-electron chi connectivity index (χ2n) is 5.43. The third kappa shape index (κ3) is 3.79. The van der Waals surface area contributed by atoms with Crippen molar-refractivity contribution in [3.63, 3.8) is 0 Å². The number of hydrogen-bond acceptors (Lipinski definition) is 3. The van der Waals surface area contributed by atoms with E-state index < -0.39 is 0 Å². The molecule has 1 aromatic rings. The van der Waals surface area contributed by atoms with Crippen LogP contribution in [-0.4, -0.2) is 35.0 Å². The van der Waals surface area contributed by atoms with E-state index in [0.717, 1.165) is 24.8 Å². The molecule has 0 aromatic heterocycles. The quantitative estimate of drug-likeness (QED) is 0.862. The highest BCUT2D eigenvalue weighted by molar-refractivity contribution is 9.10. The lowest BCUT2D eigenvalue weighted by molar-refractivity contribution is 0.173. The van der Waals surface area contributed by atoms with Crippen LogP contribution in [-0.2, 0) is 0 Å². The maximum Gasteiger partial charge on any atom is 0.0511 e. The van der Waals surface area contributed by atoms with Gasteiger partial charge in [-0.05, 0) is 24.5 Å². The van der Waals surface area contributed by atoms with E-state index in [4.69, 9.17) is 5.73 Å². The largest absolute Gasteiger partial charge is 0.326 e. The lowest BCUT2D eigenvalue weighted by Gasteiger charge is -2.40. The third-order valence-electron chi connectivity index (χ3n) is 4.12. The molecule has 2 rings (SSSR count). The molecule has 2 N–H and O–H groups in total. The van der Waals surface area contributed by atoms with Crippen LogP contribution in [0, 0.1) is 0 Å². The molecule has 20 heavy (non-hydrogen) atoms. The fourth-order valence-electron chi connectivity index (χ4n) is 2.88. The van der Waals surface area contributed by atoms with Crippen LogP contribution in [0.5, 0.6) is 0 Å². The second kappa shape index (κ2) is 7.83. The van der Waals surface area contributed by atoms with Crippen molar-refractivity contribution in [2.24, 2.45) is 5.73 Å². The van der Waals surface area contributed by atoms with E-state index in [1.165, 1.54) is 22.2 Å². The minimum Gasteiger partial charge on any atom is -0.326 e. The SMILES string of the molecule is CCC1CN(C(c2ccccc2Br)C(N)CC)CCS1. The van der Waals surface area contributed by atoms with Gasteiger partial charge in [0.05, 0.1) is 6.04 Å². The Morgan fingerprint density at radius 3 is 2.80 bits per heavy atom. The van der Waals surface area contributed by atoms with E-state index in [0.29, 0.717) is 6.04 Å². The molecule has 1 saturated heterocycles. The van der Waals surface area contributed by atoms with Crippen molar-refractivity contribution in [2.45, 2.75) is 44.0 Å². The Morgan fingerprint density at radius 1 is 1.40 bits per heavy atom. The van der Waals surface area contributed by atoms with Gasteiger partial charge in [0, 0.05) is 34.6 Å². The van der Waals surface area contributed by atoms with E-state index in [1.807, 2.05) is 0 Å². The molecular formula is C16H25BrN2S. The summed E-state index contributed by atoms with van der Waals surface area (Å²) in [6.07, 6.45) is 2.25. The number of nitrogens with zero attached hydrogens (tertiary/aromatic N) is 1. The third-order valence-corrected chi connectivity index (χ3v) is 6.21. The Morgan fingerprint density at radius 2 is 2.15 bits per heavy atom. The molecule has 0 spiro atoms. The van der Waals surface area contributed by atoms with Crippen molar-refractivity contribution in [3.05, 3.63) is 34.3 Å². The number of halogens is 1. The first-order chi connectivity index (χ1) is 9.67. The molecular weight excluding hydrogens is 332 g/mol. The van der Waals surface area contributed by atoms with Crippen molar-refractivity contribution in [1.29, 1.82) is 0 Å². The van der Waals surface area contributed by atoms with E-state index in [1.54, 1.807) is 0 Å². The Balaban J connectivity index is 2.26. The zero-order chi connectivity index (χ0) is 14.5. The number of hydrogen-bond donors (Lipinski definition) is 1. The predicted molar refractivity (Wildman–Crippen MR) is 93.3 cm³/mol. The molecule has 1 fully saturated rings. The molecule has 1 aliphatic heterocycles. The topological polar surface area (TPSA) is 29.3 Å². The maximum atomic E-state index is 6.47. The second-order valence-corrected chi connectivity index (χ2v) is 7.70. The summed E-state index contributed by atoms with van der Waals surface area (Å²) >= 11 is 5.81. The normalized spacial score (nSPS) is 23.5. The molecule has 0 aliphatic carbocycles. The standard InChI is InChI=1S/C16H25BrN2S/c1-3-12-11-19(9-10-20-12)16(15(18)4-2)13-7-5-6-8-14(13)17/h5-8,12,15-16H,3-4,9-11,18H2,1-2H3. The van der Waals surface area contributed by atoms with Crippen LogP contribution >= 0.6 is 27.7 Å². The number of thioether (sulfide) groups is 1. The Bertz CT molecular complexity index is 427. The highest BCUT2D eigenvalue weighted by Crippen LogP contribution is 2.34. The van der Waals surface area contributed by atoms with Gasteiger partial charge in [0.2, 0.25) is 0 Å². The molecule has 0 bridgehead atoms. The fourth-order valence-corrected chi connectivity index (χ4v) is 4.60. The van der Waals surface area contributed by atoms with Gasteiger partial charge in [-0.15, -0.1) is 0 Å². The van der Waals surface area contributed by atoms with E-state index in [9.17, 15) is 0 Å². The van der Waals surface area contributed by atoms with Gasteiger partial charge in [0.25, 0.3) is 0 Å². The summed E-state index contributed by atoms with van der Waals surface area (Å²) in [5.41, 5.74) is 7.80. The van der Waals surface area contributed by atoms with Crippen LogP contribution in [0.25, 0.3) is 0 Å². The molecule has 3 atom stereocenters. The number of rotatable bonds is 5. The average Bonchev–Trinajstić information content (AvgIpc) is 2.49. The van der Waals surface area contributed by atoms with Gasteiger partial charge < -0.3 is 5.73 Å².